The van der Waals surface area contributed by atoms with Crippen molar-refractivity contribution in [3.05, 3.63) is 96.1 Å². The third kappa shape index (κ3) is 2.61. The van der Waals surface area contributed by atoms with E-state index in [1.165, 1.54) is 0 Å². The van der Waals surface area contributed by atoms with Gasteiger partial charge in [-0.15, -0.1) is 0 Å². The number of rotatable bonds is 4. The van der Waals surface area contributed by atoms with E-state index in [1.807, 2.05) is 60.7 Å². The van der Waals surface area contributed by atoms with Gasteiger partial charge in [0.15, 0.2) is 0 Å². The molecule has 0 aliphatic carbocycles. The van der Waals surface area contributed by atoms with Gasteiger partial charge in [0.05, 0.1) is 7.11 Å². The second-order valence-electron chi connectivity index (χ2n) is 7.19. The number of hydrogen-bond donors (Lipinski definition) is 0. The molecule has 5 rings (SSSR count). The molecule has 30 heavy (non-hydrogen) atoms. The Bertz CT molecular complexity index is 1080. The topological polar surface area (TPSA) is 65.1 Å². The fraction of sp³-hybridized carbons (Fsp3) is 0.167. The fourth-order valence-electron chi connectivity index (χ4n) is 4.04. The van der Waals surface area contributed by atoms with Crippen LogP contribution in [0.1, 0.15) is 23.5 Å². The summed E-state index contributed by atoms with van der Waals surface area (Å²) < 4.78 is 16.8. The number of methoxy groups -OCH3 is 1. The molecular weight excluding hydrogens is 382 g/mol. The van der Waals surface area contributed by atoms with Gasteiger partial charge < -0.3 is 14.2 Å². The normalized spacial score (nSPS) is 25.2. The molecule has 150 valence electrons. The number of anilines is 1. The van der Waals surface area contributed by atoms with Crippen LogP contribution in [-0.4, -0.2) is 24.6 Å². The molecule has 3 aromatic carbocycles. The number of para-hydroxylation sites is 1. The van der Waals surface area contributed by atoms with Crippen molar-refractivity contribution >= 4 is 17.6 Å². The smallest absolute Gasteiger partial charge is 0.353 e. The minimum atomic E-state index is -1.72. The summed E-state index contributed by atoms with van der Waals surface area (Å²) in [4.78, 5) is 28.0. The molecule has 0 N–H and O–H groups in total. The molecule has 2 fully saturated rings. The Labute approximate surface area is 173 Å². The van der Waals surface area contributed by atoms with Crippen LogP contribution < -0.4 is 9.64 Å². The second-order valence-corrected chi connectivity index (χ2v) is 7.19. The Hall–Kier alpha value is -3.64. The van der Waals surface area contributed by atoms with Gasteiger partial charge in [-0.3, -0.25) is 9.69 Å². The van der Waals surface area contributed by atoms with Crippen LogP contribution in [0.3, 0.4) is 0 Å². The molecule has 2 aliphatic heterocycles. The molecule has 0 bridgehead atoms. The number of β-lactam (4-membered cyclic amide) rings is 1. The highest BCUT2D eigenvalue weighted by atomic mass is 16.8. The van der Waals surface area contributed by atoms with E-state index >= 15 is 0 Å². The van der Waals surface area contributed by atoms with E-state index in [1.54, 1.807) is 36.3 Å². The Kier molecular flexibility index (Phi) is 4.29. The lowest BCUT2D eigenvalue weighted by Gasteiger charge is -2.50. The fourth-order valence-corrected chi connectivity index (χ4v) is 4.04. The van der Waals surface area contributed by atoms with Gasteiger partial charge in [0.1, 0.15) is 11.8 Å². The number of carbonyl (C=O) groups excluding carboxylic acids is 2. The van der Waals surface area contributed by atoms with Gasteiger partial charge in [-0.25, -0.2) is 4.79 Å². The van der Waals surface area contributed by atoms with Gasteiger partial charge in [0, 0.05) is 11.3 Å². The molecule has 3 aromatic rings. The molecule has 1 amide bonds. The maximum absolute atomic E-state index is 13.4. The van der Waals surface area contributed by atoms with Crippen molar-refractivity contribution < 1.29 is 23.8 Å². The van der Waals surface area contributed by atoms with E-state index in [9.17, 15) is 9.59 Å². The van der Waals surface area contributed by atoms with E-state index in [-0.39, 0.29) is 0 Å². The van der Waals surface area contributed by atoms with Crippen LogP contribution in [0.2, 0.25) is 0 Å². The highest BCUT2D eigenvalue weighted by molar-refractivity contribution is 6.21. The van der Waals surface area contributed by atoms with Crippen molar-refractivity contribution in [1.82, 2.24) is 0 Å². The molecule has 0 aromatic heterocycles. The first-order chi connectivity index (χ1) is 14.6. The van der Waals surface area contributed by atoms with Crippen LogP contribution in [-0.2, 0) is 19.1 Å². The van der Waals surface area contributed by atoms with Crippen molar-refractivity contribution in [2.45, 2.75) is 17.9 Å². The van der Waals surface area contributed by atoms with Gasteiger partial charge in [0.2, 0.25) is 6.29 Å². The second kappa shape index (κ2) is 7.00. The van der Waals surface area contributed by atoms with Crippen LogP contribution >= 0.6 is 0 Å². The van der Waals surface area contributed by atoms with Crippen molar-refractivity contribution in [2.75, 3.05) is 12.0 Å². The summed E-state index contributed by atoms with van der Waals surface area (Å²) in [5, 5.41) is 0. The molecule has 6 nitrogen and oxygen atoms in total. The molecule has 6 heteroatoms. The molecular formula is C24H19NO5. The van der Waals surface area contributed by atoms with Crippen molar-refractivity contribution in [2.24, 2.45) is 0 Å². The van der Waals surface area contributed by atoms with Crippen LogP contribution in [0.15, 0.2) is 84.9 Å². The van der Waals surface area contributed by atoms with E-state index in [4.69, 9.17) is 14.2 Å². The van der Waals surface area contributed by atoms with Crippen LogP contribution in [0.5, 0.6) is 5.75 Å². The van der Waals surface area contributed by atoms with Crippen molar-refractivity contribution in [3.63, 3.8) is 0 Å². The Morgan fingerprint density at radius 1 is 0.833 bits per heavy atom. The molecule has 0 saturated carbocycles. The minimum Gasteiger partial charge on any atom is -0.497 e. The Morgan fingerprint density at radius 3 is 2.10 bits per heavy atom. The SMILES string of the molecule is COc1ccc([C@@H]2N(c3ccccc3)C(=O)[C@@]23O[C@@H](c2ccccc2)OC3=O)cc1. The van der Waals surface area contributed by atoms with Crippen molar-refractivity contribution in [3.8, 4) is 5.75 Å². The van der Waals surface area contributed by atoms with Crippen LogP contribution in [0, 0.1) is 0 Å². The molecule has 2 aliphatic rings. The molecule has 3 atom stereocenters. The van der Waals surface area contributed by atoms with Gasteiger partial charge >= 0.3 is 5.97 Å². The summed E-state index contributed by atoms with van der Waals surface area (Å²) in [5.74, 6) is -0.422. The number of carbonyl (C=O) groups is 2. The first kappa shape index (κ1) is 18.4. The van der Waals surface area contributed by atoms with Crippen LogP contribution in [0.4, 0.5) is 5.69 Å². The van der Waals surface area contributed by atoms with Gasteiger partial charge in [-0.05, 0) is 29.8 Å². The lowest BCUT2D eigenvalue weighted by molar-refractivity contribution is -0.168. The summed E-state index contributed by atoms with van der Waals surface area (Å²) in [6.45, 7) is 0. The summed E-state index contributed by atoms with van der Waals surface area (Å²) in [5.41, 5.74) is 0.408. The maximum Gasteiger partial charge on any atom is 0.353 e. The standard InChI is InChI=1S/C24H19NO5/c1-28-19-14-12-16(13-15-19)20-24(22(26)25(20)18-10-6-3-7-11-18)23(27)29-21(30-24)17-8-4-2-5-9-17/h2-15,20-21H,1H3/t20-,21-,24-/m0/s1. The summed E-state index contributed by atoms with van der Waals surface area (Å²) in [6.07, 6.45) is -0.929. The number of ether oxygens (including phenoxy) is 3. The van der Waals surface area contributed by atoms with Gasteiger partial charge in [-0.1, -0.05) is 60.7 Å². The predicted octanol–water partition coefficient (Wildman–Crippen LogP) is 3.79. The summed E-state index contributed by atoms with van der Waals surface area (Å²) in [6, 6.07) is 25.0. The first-order valence-corrected chi connectivity index (χ1v) is 9.61. The van der Waals surface area contributed by atoms with E-state index in [2.05, 4.69) is 0 Å². The summed E-state index contributed by atoms with van der Waals surface area (Å²) in [7, 11) is 1.58. The minimum absolute atomic E-state index is 0.432. The number of nitrogens with zero attached hydrogens (tertiary/aromatic N) is 1. The maximum atomic E-state index is 13.4. The molecule has 0 radical (unpaired) electrons. The van der Waals surface area contributed by atoms with Gasteiger partial charge in [0.25, 0.3) is 11.5 Å². The number of benzene rings is 3. The molecule has 0 unspecified atom stereocenters. The molecule has 2 saturated heterocycles. The number of cyclic esters (lactones) is 1. The van der Waals surface area contributed by atoms with E-state index in [0.29, 0.717) is 17.0 Å². The Balaban J connectivity index is 1.58. The molecule has 2 heterocycles. The lowest BCUT2D eigenvalue weighted by Crippen LogP contribution is -2.71. The third-order valence-electron chi connectivity index (χ3n) is 5.53. The largest absolute Gasteiger partial charge is 0.497 e. The quantitative estimate of drug-likeness (QED) is 0.378. The van der Waals surface area contributed by atoms with Gasteiger partial charge in [-0.2, -0.15) is 0 Å². The summed E-state index contributed by atoms with van der Waals surface area (Å²) >= 11 is 0. The average molecular weight is 401 g/mol. The zero-order valence-corrected chi connectivity index (χ0v) is 16.2. The zero-order valence-electron chi connectivity index (χ0n) is 16.2. The monoisotopic (exact) mass is 401 g/mol. The van der Waals surface area contributed by atoms with E-state index < -0.39 is 29.8 Å². The third-order valence-corrected chi connectivity index (χ3v) is 5.53. The molecule has 1 spiro atoms. The average Bonchev–Trinajstić information content (AvgIpc) is 3.17. The predicted molar refractivity (Wildman–Crippen MR) is 109 cm³/mol. The lowest BCUT2D eigenvalue weighted by atomic mass is 9.77. The Morgan fingerprint density at radius 2 is 1.47 bits per heavy atom. The number of esters is 1. The highest BCUT2D eigenvalue weighted by Crippen LogP contribution is 2.54. The van der Waals surface area contributed by atoms with Crippen molar-refractivity contribution in [1.29, 1.82) is 0 Å². The highest BCUT2D eigenvalue weighted by Gasteiger charge is 2.73. The zero-order chi connectivity index (χ0) is 20.7. The number of hydrogen-bond acceptors (Lipinski definition) is 5. The van der Waals surface area contributed by atoms with Crippen LogP contribution in [0.25, 0.3) is 0 Å². The first-order valence-electron chi connectivity index (χ1n) is 9.61. The number of amides is 1. The van der Waals surface area contributed by atoms with E-state index in [0.717, 1.165) is 5.56 Å².